The van der Waals surface area contributed by atoms with Crippen LogP contribution in [0.15, 0.2) is 53.9 Å². The molecule has 4 rings (SSSR count). The second-order valence-corrected chi connectivity index (χ2v) is 10.2. The predicted octanol–water partition coefficient (Wildman–Crippen LogP) is 5.49. The molecule has 0 radical (unpaired) electrons. The Morgan fingerprint density at radius 3 is 2.42 bits per heavy atom. The maximum atomic E-state index is 13.9. The van der Waals surface area contributed by atoms with Gasteiger partial charge in [0.2, 0.25) is 5.91 Å². The number of hydrogen-bond acceptors (Lipinski definition) is 5. The molecule has 2 amide bonds. The molecule has 6 nitrogen and oxygen atoms in total. The zero-order valence-corrected chi connectivity index (χ0v) is 22.4. The normalized spacial score (nSPS) is 15.7. The van der Waals surface area contributed by atoms with E-state index in [1.54, 1.807) is 48.7 Å². The van der Waals surface area contributed by atoms with E-state index < -0.39 is 0 Å². The van der Waals surface area contributed by atoms with Crippen LogP contribution in [0.1, 0.15) is 58.2 Å². The fourth-order valence-corrected chi connectivity index (χ4v) is 5.70. The number of carbonyl (C=O) groups excluding carboxylic acids is 2. The van der Waals surface area contributed by atoms with E-state index >= 15 is 0 Å². The largest absolute Gasteiger partial charge is 0.497 e. The van der Waals surface area contributed by atoms with Crippen LogP contribution in [0.3, 0.4) is 0 Å². The number of aryl methyl sites for hydroxylation is 1. The number of carbonyl (C=O) groups is 2. The van der Waals surface area contributed by atoms with Crippen molar-refractivity contribution in [1.29, 1.82) is 0 Å². The van der Waals surface area contributed by atoms with Gasteiger partial charge in [-0.25, -0.2) is 0 Å². The molecule has 7 heteroatoms. The molecule has 0 saturated heterocycles. The second kappa shape index (κ2) is 11.2. The van der Waals surface area contributed by atoms with Crippen molar-refractivity contribution < 1.29 is 19.1 Å². The first-order valence-electron chi connectivity index (χ1n) is 12.3. The molecule has 36 heavy (non-hydrogen) atoms. The summed E-state index contributed by atoms with van der Waals surface area (Å²) in [4.78, 5) is 32.6. The van der Waals surface area contributed by atoms with Crippen molar-refractivity contribution in [2.45, 2.75) is 45.7 Å². The first-order valence-corrected chi connectivity index (χ1v) is 13.2. The van der Waals surface area contributed by atoms with Crippen LogP contribution in [0.2, 0.25) is 0 Å². The first-order chi connectivity index (χ1) is 17.4. The van der Waals surface area contributed by atoms with Crippen LogP contribution in [0.4, 0.5) is 0 Å². The number of hydrogen-bond donors (Lipinski definition) is 0. The fraction of sp³-hybridized carbons (Fsp3) is 0.379. The summed E-state index contributed by atoms with van der Waals surface area (Å²) >= 11 is 1.75. The summed E-state index contributed by atoms with van der Waals surface area (Å²) in [6.45, 7) is 6.73. The van der Waals surface area contributed by atoms with Crippen LogP contribution in [0, 0.1) is 6.92 Å². The Labute approximate surface area is 217 Å². The van der Waals surface area contributed by atoms with Crippen LogP contribution >= 0.6 is 11.3 Å². The highest BCUT2D eigenvalue weighted by molar-refractivity contribution is 7.10. The monoisotopic (exact) mass is 506 g/mol. The average molecular weight is 507 g/mol. The average Bonchev–Trinajstić information content (AvgIpc) is 3.39. The van der Waals surface area contributed by atoms with Gasteiger partial charge >= 0.3 is 0 Å². The molecule has 3 aromatic rings. The van der Waals surface area contributed by atoms with Gasteiger partial charge in [-0.1, -0.05) is 31.2 Å². The van der Waals surface area contributed by atoms with Crippen molar-refractivity contribution >= 4 is 23.2 Å². The fourth-order valence-electron chi connectivity index (χ4n) is 4.80. The third kappa shape index (κ3) is 5.12. The van der Waals surface area contributed by atoms with Gasteiger partial charge in [-0.05, 0) is 67.0 Å². The molecule has 2 heterocycles. The third-order valence-electron chi connectivity index (χ3n) is 7.06. The standard InChI is InChI=1S/C29H34N2O4S/c1-6-20(3)31(29(33)21-15-22(34-4)17-23(16-21)35-5)18-27(32)30-13-11-26-25(12-14-36-26)28(30)24-10-8-7-9-19(24)2/h7-10,12,14-17,20,28H,6,11,13,18H2,1-5H3. The van der Waals surface area contributed by atoms with Crippen LogP contribution in [0.25, 0.3) is 0 Å². The topological polar surface area (TPSA) is 59.1 Å². The number of fused-ring (bicyclic) bond motifs is 1. The molecule has 1 aromatic heterocycles. The Kier molecular flexibility index (Phi) is 7.99. The second-order valence-electron chi connectivity index (χ2n) is 9.19. The molecule has 0 N–H and O–H groups in total. The van der Waals surface area contributed by atoms with Crippen LogP contribution in [-0.4, -0.2) is 55.0 Å². The highest BCUT2D eigenvalue weighted by Gasteiger charge is 2.35. The van der Waals surface area contributed by atoms with Crippen molar-refractivity contribution in [3.63, 3.8) is 0 Å². The lowest BCUT2D eigenvalue weighted by Gasteiger charge is -2.39. The number of amides is 2. The summed E-state index contributed by atoms with van der Waals surface area (Å²) in [5, 5.41) is 2.11. The molecule has 0 aliphatic carbocycles. The zero-order valence-electron chi connectivity index (χ0n) is 21.6. The number of methoxy groups -OCH3 is 2. The van der Waals surface area contributed by atoms with Crippen molar-refractivity contribution in [2.75, 3.05) is 27.3 Å². The zero-order chi connectivity index (χ0) is 25.8. The van der Waals surface area contributed by atoms with Crippen molar-refractivity contribution in [2.24, 2.45) is 0 Å². The molecular formula is C29H34N2O4S. The quantitative estimate of drug-likeness (QED) is 0.405. The third-order valence-corrected chi connectivity index (χ3v) is 8.05. The van der Waals surface area contributed by atoms with Gasteiger partial charge in [0.15, 0.2) is 0 Å². The van der Waals surface area contributed by atoms with Gasteiger partial charge in [-0.15, -0.1) is 11.3 Å². The number of benzene rings is 2. The minimum atomic E-state index is -0.212. The number of ether oxygens (including phenoxy) is 2. The van der Waals surface area contributed by atoms with Gasteiger partial charge in [0, 0.05) is 29.1 Å². The van der Waals surface area contributed by atoms with Gasteiger partial charge in [0.05, 0.1) is 20.3 Å². The minimum Gasteiger partial charge on any atom is -0.497 e. The van der Waals surface area contributed by atoms with E-state index in [4.69, 9.17) is 9.47 Å². The maximum Gasteiger partial charge on any atom is 0.254 e. The molecular weight excluding hydrogens is 472 g/mol. The highest BCUT2D eigenvalue weighted by atomic mass is 32.1. The van der Waals surface area contributed by atoms with Gasteiger partial charge in [-0.3, -0.25) is 9.59 Å². The molecule has 2 unspecified atom stereocenters. The van der Waals surface area contributed by atoms with Gasteiger partial charge < -0.3 is 19.3 Å². The van der Waals surface area contributed by atoms with Gasteiger partial charge in [-0.2, -0.15) is 0 Å². The van der Waals surface area contributed by atoms with Crippen molar-refractivity contribution in [1.82, 2.24) is 9.80 Å². The molecule has 0 fully saturated rings. The Hall–Kier alpha value is -3.32. The Morgan fingerprint density at radius 1 is 1.08 bits per heavy atom. The lowest BCUT2D eigenvalue weighted by molar-refractivity contribution is -0.134. The lowest BCUT2D eigenvalue weighted by Crippen LogP contribution is -2.49. The first kappa shape index (κ1) is 25.8. The summed E-state index contributed by atoms with van der Waals surface area (Å²) < 4.78 is 10.7. The van der Waals surface area contributed by atoms with Crippen LogP contribution in [0.5, 0.6) is 11.5 Å². The van der Waals surface area contributed by atoms with Gasteiger partial charge in [0.25, 0.3) is 5.91 Å². The van der Waals surface area contributed by atoms with Gasteiger partial charge in [0.1, 0.15) is 18.0 Å². The summed E-state index contributed by atoms with van der Waals surface area (Å²) in [6.07, 6.45) is 1.56. The van der Waals surface area contributed by atoms with Crippen LogP contribution < -0.4 is 9.47 Å². The molecule has 0 spiro atoms. The smallest absolute Gasteiger partial charge is 0.254 e. The SMILES string of the molecule is CCC(C)N(CC(=O)N1CCc2sccc2C1c1ccccc1C)C(=O)c1cc(OC)cc(OC)c1. The Balaban J connectivity index is 1.66. The number of rotatable bonds is 8. The number of nitrogens with zero attached hydrogens (tertiary/aromatic N) is 2. The van der Waals surface area contributed by atoms with E-state index in [-0.39, 0.29) is 30.4 Å². The summed E-state index contributed by atoms with van der Waals surface area (Å²) in [5.41, 5.74) is 3.91. The van der Waals surface area contributed by atoms with E-state index in [0.717, 1.165) is 24.0 Å². The Morgan fingerprint density at radius 2 is 1.78 bits per heavy atom. The maximum absolute atomic E-state index is 13.9. The predicted molar refractivity (Wildman–Crippen MR) is 143 cm³/mol. The highest BCUT2D eigenvalue weighted by Crippen LogP contribution is 2.39. The molecule has 190 valence electrons. The van der Waals surface area contributed by atoms with E-state index in [2.05, 4.69) is 30.5 Å². The molecule has 2 aromatic carbocycles. The summed E-state index contributed by atoms with van der Waals surface area (Å²) in [6, 6.07) is 15.2. The van der Waals surface area contributed by atoms with Crippen molar-refractivity contribution in [3.05, 3.63) is 81.0 Å². The molecule has 2 atom stereocenters. The number of thiophene rings is 1. The Bertz CT molecular complexity index is 1220. The van der Waals surface area contributed by atoms with E-state index in [1.165, 1.54) is 10.4 Å². The molecule has 1 aliphatic heterocycles. The van der Waals surface area contributed by atoms with Crippen molar-refractivity contribution in [3.8, 4) is 11.5 Å². The summed E-state index contributed by atoms with van der Waals surface area (Å²) in [5.74, 6) is 0.807. The molecule has 1 aliphatic rings. The lowest BCUT2D eigenvalue weighted by atomic mass is 9.90. The molecule has 0 bridgehead atoms. The summed E-state index contributed by atoms with van der Waals surface area (Å²) in [7, 11) is 3.11. The van der Waals surface area contributed by atoms with Crippen LogP contribution in [-0.2, 0) is 11.2 Å². The minimum absolute atomic E-state index is 0.00914. The van der Waals surface area contributed by atoms with E-state index in [1.807, 2.05) is 30.9 Å². The molecule has 0 saturated carbocycles. The van der Waals surface area contributed by atoms with E-state index in [0.29, 0.717) is 23.6 Å². The van der Waals surface area contributed by atoms with E-state index in [9.17, 15) is 9.59 Å².